The lowest BCUT2D eigenvalue weighted by Gasteiger charge is -2.26. The van der Waals surface area contributed by atoms with Gasteiger partial charge in [0.05, 0.1) is 5.56 Å². The summed E-state index contributed by atoms with van der Waals surface area (Å²) in [7, 11) is 0. The number of ether oxygens (including phenoxy) is 1. The van der Waals surface area contributed by atoms with Crippen molar-refractivity contribution in [2.75, 3.05) is 0 Å². The summed E-state index contributed by atoms with van der Waals surface area (Å²) in [4.78, 5) is 22.9. The van der Waals surface area contributed by atoms with Gasteiger partial charge in [-0.2, -0.15) is 0 Å². The molecular weight excluding hydrogens is 356 g/mol. The molecule has 1 atom stereocenters. The number of hydrogen-bond acceptors (Lipinski definition) is 5. The van der Waals surface area contributed by atoms with Gasteiger partial charge in [0.1, 0.15) is 29.4 Å². The van der Waals surface area contributed by atoms with Gasteiger partial charge >= 0.3 is 5.97 Å². The average molecular weight is 380 g/mol. The van der Waals surface area contributed by atoms with Gasteiger partial charge in [0.25, 0.3) is 0 Å². The monoisotopic (exact) mass is 380 g/mol. The maximum atomic E-state index is 12.8. The Kier molecular flexibility index (Phi) is 6.04. The van der Waals surface area contributed by atoms with Gasteiger partial charge in [-0.05, 0) is 57.4 Å². The molecule has 5 heteroatoms. The third kappa shape index (κ3) is 4.36. The maximum absolute atomic E-state index is 12.8. The zero-order chi connectivity index (χ0) is 20.1. The van der Waals surface area contributed by atoms with Gasteiger partial charge < -0.3 is 9.84 Å². The van der Waals surface area contributed by atoms with Crippen LogP contribution in [0.1, 0.15) is 50.7 Å². The summed E-state index contributed by atoms with van der Waals surface area (Å²) in [6.07, 6.45) is 5.29. The summed E-state index contributed by atoms with van der Waals surface area (Å²) in [5.74, 6) is -0.500. The molecule has 1 N–H and O–H groups in total. The van der Waals surface area contributed by atoms with Gasteiger partial charge in [0, 0.05) is 5.56 Å². The molecule has 0 aliphatic carbocycles. The Labute approximate surface area is 164 Å². The van der Waals surface area contributed by atoms with Crippen LogP contribution in [-0.2, 0) is 14.6 Å². The third-order valence-electron chi connectivity index (χ3n) is 4.49. The van der Waals surface area contributed by atoms with Crippen molar-refractivity contribution in [3.63, 3.8) is 0 Å². The highest BCUT2D eigenvalue weighted by Crippen LogP contribution is 2.48. The second kappa shape index (κ2) is 8.65. The molecule has 1 aliphatic rings. The minimum atomic E-state index is -0.833. The fourth-order valence-electron chi connectivity index (χ4n) is 3.09. The highest BCUT2D eigenvalue weighted by molar-refractivity contribution is 5.86. The van der Waals surface area contributed by atoms with E-state index in [9.17, 15) is 9.90 Å². The molecule has 0 fully saturated rings. The van der Waals surface area contributed by atoms with E-state index in [4.69, 9.17) is 14.5 Å². The van der Waals surface area contributed by atoms with E-state index in [1.54, 1.807) is 24.3 Å². The first-order valence-electron chi connectivity index (χ1n) is 9.22. The van der Waals surface area contributed by atoms with Gasteiger partial charge in [0.15, 0.2) is 0 Å². The lowest BCUT2D eigenvalue weighted by Crippen LogP contribution is -2.21. The van der Waals surface area contributed by atoms with Crippen LogP contribution in [0.2, 0.25) is 0 Å². The Hall–Kier alpha value is -3.21. The third-order valence-corrected chi connectivity index (χ3v) is 4.49. The van der Waals surface area contributed by atoms with Crippen molar-refractivity contribution in [1.82, 2.24) is 0 Å². The predicted molar refractivity (Wildman–Crippen MR) is 106 cm³/mol. The molecule has 5 nitrogen and oxygen atoms in total. The highest BCUT2D eigenvalue weighted by atomic mass is 17.2. The summed E-state index contributed by atoms with van der Waals surface area (Å²) in [6.45, 7) is 6.02. The van der Waals surface area contributed by atoms with Crippen LogP contribution in [0.25, 0.3) is 0 Å². The van der Waals surface area contributed by atoms with Crippen LogP contribution in [0, 0.1) is 0 Å². The second-order valence-corrected chi connectivity index (χ2v) is 7.04. The molecule has 2 aromatic carbocycles. The Morgan fingerprint density at radius 1 is 1.11 bits per heavy atom. The molecule has 0 saturated heterocycles. The smallest absolute Gasteiger partial charge is 0.367 e. The van der Waals surface area contributed by atoms with Crippen LogP contribution in [-0.4, -0.2) is 11.1 Å². The molecule has 1 aliphatic heterocycles. The van der Waals surface area contributed by atoms with E-state index in [0.717, 1.165) is 18.4 Å². The predicted octanol–water partition coefficient (Wildman–Crippen LogP) is 5.75. The van der Waals surface area contributed by atoms with Gasteiger partial charge in [-0.1, -0.05) is 35.9 Å². The molecule has 3 rings (SSSR count). The Bertz CT molecular complexity index is 922. The first-order valence-corrected chi connectivity index (χ1v) is 9.22. The lowest BCUT2D eigenvalue weighted by molar-refractivity contribution is -0.239. The largest absolute Gasteiger partial charge is 0.507 e. The number of aromatic hydroxyl groups is 1. The maximum Gasteiger partial charge on any atom is 0.367 e. The van der Waals surface area contributed by atoms with Crippen LogP contribution >= 0.6 is 0 Å². The molecular formula is C23H24O5. The van der Waals surface area contributed by atoms with Gasteiger partial charge in [0.2, 0.25) is 0 Å². The molecule has 0 unspecified atom stereocenters. The fourth-order valence-corrected chi connectivity index (χ4v) is 3.09. The number of hydrogen-bond donors (Lipinski definition) is 1. The van der Waals surface area contributed by atoms with Crippen molar-refractivity contribution in [2.45, 2.75) is 39.5 Å². The average Bonchev–Trinajstić information content (AvgIpc) is 2.66. The molecule has 0 aromatic heterocycles. The van der Waals surface area contributed by atoms with Crippen molar-refractivity contribution < 1.29 is 24.4 Å². The molecule has 28 heavy (non-hydrogen) atoms. The van der Waals surface area contributed by atoms with Crippen molar-refractivity contribution in [3.05, 3.63) is 77.1 Å². The summed E-state index contributed by atoms with van der Waals surface area (Å²) in [5, 5.41) is 10.3. The quantitative estimate of drug-likeness (QED) is 0.299. The minimum Gasteiger partial charge on any atom is -0.507 e. The lowest BCUT2D eigenvalue weighted by atomic mass is 9.87. The number of allylic oxidation sites excluding steroid dienone is 3. The molecule has 0 spiro atoms. The minimum absolute atomic E-state index is 0.0256. The number of fused-ring (bicyclic) bond motifs is 2. The second-order valence-electron chi connectivity index (χ2n) is 7.04. The standard InChI is InChI=1S/C23H24O5/c1-15(2)8-6-9-16(3)14-26-28-23(25)21-17-10-4-5-12-19(17)27-20-13-7-11-18(24)22(20)21/h4-5,7-8,10-14,21,24H,6,9H2,1-3H3/b16-14+/t21-/m1/s1. The summed E-state index contributed by atoms with van der Waals surface area (Å²) >= 11 is 0. The van der Waals surface area contributed by atoms with Crippen LogP contribution in [0.4, 0.5) is 0 Å². The van der Waals surface area contributed by atoms with Crippen LogP contribution in [0.3, 0.4) is 0 Å². The molecule has 2 aromatic rings. The molecule has 0 saturated carbocycles. The van der Waals surface area contributed by atoms with Crippen LogP contribution in [0.5, 0.6) is 17.2 Å². The highest BCUT2D eigenvalue weighted by Gasteiger charge is 2.37. The van der Waals surface area contributed by atoms with Gasteiger partial charge in [-0.25, -0.2) is 9.68 Å². The van der Waals surface area contributed by atoms with Crippen LogP contribution < -0.4 is 4.74 Å². The SMILES string of the molecule is CC(C)=CCC/C(C)=C/OOC(=O)[C@@H]1c2ccccc2Oc2cccc(O)c21. The van der Waals surface area contributed by atoms with Crippen molar-refractivity contribution in [3.8, 4) is 17.2 Å². The number of phenols is 1. The Balaban J connectivity index is 1.76. The number of carbonyl (C=O) groups is 1. The van der Waals surface area contributed by atoms with Gasteiger partial charge in [-0.3, -0.25) is 4.89 Å². The summed E-state index contributed by atoms with van der Waals surface area (Å²) in [6, 6.07) is 12.1. The van der Waals surface area contributed by atoms with Crippen LogP contribution in [0.15, 0.2) is 65.9 Å². The van der Waals surface area contributed by atoms with E-state index in [1.807, 2.05) is 19.1 Å². The number of benzene rings is 2. The Morgan fingerprint density at radius 3 is 2.64 bits per heavy atom. The van der Waals surface area contributed by atoms with Crippen molar-refractivity contribution in [1.29, 1.82) is 0 Å². The molecule has 1 heterocycles. The van der Waals surface area contributed by atoms with E-state index in [-0.39, 0.29) is 5.75 Å². The number of carbonyl (C=O) groups excluding carboxylic acids is 1. The topological polar surface area (TPSA) is 65.0 Å². The van der Waals surface area contributed by atoms with E-state index in [2.05, 4.69) is 19.9 Å². The number of phenolic OH excluding ortho intramolecular Hbond substituents is 1. The fraction of sp³-hybridized carbons (Fsp3) is 0.261. The number of para-hydroxylation sites is 1. The van der Waals surface area contributed by atoms with E-state index in [1.165, 1.54) is 17.9 Å². The normalized spacial score (nSPS) is 15.0. The van der Waals surface area contributed by atoms with E-state index >= 15 is 0 Å². The first kappa shape index (κ1) is 19.5. The first-order chi connectivity index (χ1) is 13.5. The van der Waals surface area contributed by atoms with E-state index in [0.29, 0.717) is 22.6 Å². The van der Waals surface area contributed by atoms with Crippen molar-refractivity contribution in [2.24, 2.45) is 0 Å². The Morgan fingerprint density at radius 2 is 1.86 bits per heavy atom. The molecule has 146 valence electrons. The van der Waals surface area contributed by atoms with Crippen molar-refractivity contribution >= 4 is 5.97 Å². The zero-order valence-corrected chi connectivity index (χ0v) is 16.3. The van der Waals surface area contributed by atoms with Gasteiger partial charge in [-0.15, -0.1) is 0 Å². The molecule has 0 radical (unpaired) electrons. The zero-order valence-electron chi connectivity index (χ0n) is 16.3. The number of rotatable bonds is 6. The van der Waals surface area contributed by atoms with E-state index < -0.39 is 11.9 Å². The summed E-state index contributed by atoms with van der Waals surface area (Å²) in [5.41, 5.74) is 3.21. The molecule has 0 bridgehead atoms. The summed E-state index contributed by atoms with van der Waals surface area (Å²) < 4.78 is 5.82. The molecule has 0 amide bonds.